The van der Waals surface area contributed by atoms with Crippen molar-refractivity contribution in [3.8, 4) is 5.75 Å². The molecule has 4 rings (SSSR count). The van der Waals surface area contributed by atoms with Crippen LogP contribution in [-0.4, -0.2) is 13.0 Å². The molecule has 2 atom stereocenters. The van der Waals surface area contributed by atoms with Crippen molar-refractivity contribution in [1.82, 2.24) is 0 Å². The number of hydrogen-bond acceptors (Lipinski definition) is 3. The Kier molecular flexibility index (Phi) is 5.05. The van der Waals surface area contributed by atoms with Gasteiger partial charge in [0, 0.05) is 10.6 Å². The Labute approximate surface area is 169 Å². The van der Waals surface area contributed by atoms with Gasteiger partial charge in [0.15, 0.2) is 0 Å². The van der Waals surface area contributed by atoms with Crippen LogP contribution in [0.5, 0.6) is 5.75 Å². The summed E-state index contributed by atoms with van der Waals surface area (Å²) in [7, 11) is 1.65. The second kappa shape index (κ2) is 7.64. The van der Waals surface area contributed by atoms with Gasteiger partial charge >= 0.3 is 0 Å². The van der Waals surface area contributed by atoms with Crippen molar-refractivity contribution in [3.63, 3.8) is 0 Å². The number of carbonyl (C=O) groups is 1. The molecule has 0 bridgehead atoms. The maximum Gasteiger partial charge on any atom is 0.237 e. The van der Waals surface area contributed by atoms with Crippen LogP contribution in [0.4, 0.5) is 5.69 Å². The lowest BCUT2D eigenvalue weighted by molar-refractivity contribution is -0.127. The number of carbonyl (C=O) groups excluding carboxylic acids is 1. The van der Waals surface area contributed by atoms with Gasteiger partial charge in [-0.2, -0.15) is 0 Å². The predicted octanol–water partition coefficient (Wildman–Crippen LogP) is 5.95. The SMILES string of the molecule is COc1ccc(N2C(=O)[C@H](C(=C(C)C)c3ccccc3)[C@@H]2c2cccs2)cc1. The van der Waals surface area contributed by atoms with E-state index in [1.165, 1.54) is 10.5 Å². The number of β-lactam (4-membered cyclic amide) rings is 1. The molecule has 0 aliphatic carbocycles. The molecule has 1 aliphatic rings. The number of benzene rings is 2. The quantitative estimate of drug-likeness (QED) is 0.504. The molecular formula is C24H23NO2S. The second-order valence-electron chi connectivity index (χ2n) is 7.12. The van der Waals surface area contributed by atoms with Gasteiger partial charge in [-0.1, -0.05) is 42.0 Å². The zero-order valence-corrected chi connectivity index (χ0v) is 17.1. The molecule has 0 spiro atoms. The Bertz CT molecular complexity index is 987. The monoisotopic (exact) mass is 389 g/mol. The minimum absolute atomic E-state index is 0.00556. The number of thiophene rings is 1. The number of ether oxygens (including phenoxy) is 1. The van der Waals surface area contributed by atoms with Crippen LogP contribution in [0.3, 0.4) is 0 Å². The Morgan fingerprint density at radius 2 is 1.68 bits per heavy atom. The Morgan fingerprint density at radius 3 is 2.25 bits per heavy atom. The van der Waals surface area contributed by atoms with Gasteiger partial charge in [0.05, 0.1) is 19.1 Å². The lowest BCUT2D eigenvalue weighted by Gasteiger charge is -2.48. The van der Waals surface area contributed by atoms with E-state index >= 15 is 0 Å². The molecule has 3 nitrogen and oxygen atoms in total. The van der Waals surface area contributed by atoms with E-state index < -0.39 is 0 Å². The molecule has 2 aromatic carbocycles. The average molecular weight is 390 g/mol. The first kappa shape index (κ1) is 18.5. The Balaban J connectivity index is 1.77. The van der Waals surface area contributed by atoms with Crippen LogP contribution >= 0.6 is 11.3 Å². The lowest BCUT2D eigenvalue weighted by Crippen LogP contribution is -2.55. The number of nitrogens with zero attached hydrogens (tertiary/aromatic N) is 1. The minimum atomic E-state index is -0.173. The molecule has 0 radical (unpaired) electrons. The first-order chi connectivity index (χ1) is 13.6. The molecule has 1 aliphatic heterocycles. The van der Waals surface area contributed by atoms with E-state index in [1.807, 2.05) is 47.4 Å². The van der Waals surface area contributed by atoms with Crippen molar-refractivity contribution in [1.29, 1.82) is 0 Å². The van der Waals surface area contributed by atoms with Gasteiger partial charge in [-0.3, -0.25) is 4.79 Å². The molecule has 1 saturated heterocycles. The molecule has 28 heavy (non-hydrogen) atoms. The second-order valence-corrected chi connectivity index (χ2v) is 8.10. The first-order valence-electron chi connectivity index (χ1n) is 9.35. The third-order valence-electron chi connectivity index (χ3n) is 5.22. The fraction of sp³-hybridized carbons (Fsp3) is 0.208. The van der Waals surface area contributed by atoms with Crippen molar-refractivity contribution < 1.29 is 9.53 Å². The van der Waals surface area contributed by atoms with Gasteiger partial charge in [0.25, 0.3) is 0 Å². The first-order valence-corrected chi connectivity index (χ1v) is 10.2. The third-order valence-corrected chi connectivity index (χ3v) is 6.16. The summed E-state index contributed by atoms with van der Waals surface area (Å²) >= 11 is 1.70. The number of allylic oxidation sites excluding steroid dienone is 1. The van der Waals surface area contributed by atoms with Gasteiger partial charge in [0.1, 0.15) is 5.75 Å². The van der Waals surface area contributed by atoms with E-state index in [2.05, 4.69) is 43.5 Å². The van der Waals surface area contributed by atoms with Crippen molar-refractivity contribution >= 4 is 28.5 Å². The summed E-state index contributed by atoms with van der Waals surface area (Å²) in [5.41, 5.74) is 4.34. The lowest BCUT2D eigenvalue weighted by atomic mass is 9.75. The summed E-state index contributed by atoms with van der Waals surface area (Å²) in [6, 6.07) is 22.2. The average Bonchev–Trinajstić information content (AvgIpc) is 3.24. The molecule has 3 aromatic rings. The number of anilines is 1. The molecule has 1 fully saturated rings. The fourth-order valence-electron chi connectivity index (χ4n) is 3.95. The van der Waals surface area contributed by atoms with E-state index in [0.717, 1.165) is 22.6 Å². The van der Waals surface area contributed by atoms with Crippen LogP contribution in [-0.2, 0) is 4.79 Å². The van der Waals surface area contributed by atoms with Crippen molar-refractivity contribution in [3.05, 3.63) is 88.1 Å². The van der Waals surface area contributed by atoms with Crippen molar-refractivity contribution in [2.75, 3.05) is 12.0 Å². The standard InChI is InChI=1S/C24H23NO2S/c1-16(2)21(17-8-5-4-6-9-17)22-23(20-10-7-15-28-20)25(24(22)26)18-11-13-19(27-3)14-12-18/h4-15,22-23H,1-3H3/t22-,23+/m1/s1. The molecule has 1 amide bonds. The summed E-state index contributed by atoms with van der Waals surface area (Å²) in [6.45, 7) is 4.19. The van der Waals surface area contributed by atoms with E-state index in [0.29, 0.717) is 0 Å². The number of methoxy groups -OCH3 is 1. The van der Waals surface area contributed by atoms with Crippen LogP contribution in [0.15, 0.2) is 77.7 Å². The highest BCUT2D eigenvalue weighted by Gasteiger charge is 2.51. The summed E-state index contributed by atoms with van der Waals surface area (Å²) in [5, 5.41) is 2.08. The van der Waals surface area contributed by atoms with Gasteiger partial charge in [0.2, 0.25) is 5.91 Å². The van der Waals surface area contributed by atoms with Crippen LogP contribution in [0, 0.1) is 5.92 Å². The highest BCUT2D eigenvalue weighted by Crippen LogP contribution is 2.51. The fourth-order valence-corrected chi connectivity index (χ4v) is 4.80. The molecule has 0 N–H and O–H groups in total. The highest BCUT2D eigenvalue weighted by atomic mass is 32.1. The maximum absolute atomic E-state index is 13.4. The molecule has 0 unspecified atom stereocenters. The zero-order valence-electron chi connectivity index (χ0n) is 16.3. The predicted molar refractivity (Wildman–Crippen MR) is 116 cm³/mol. The van der Waals surface area contributed by atoms with Crippen LogP contribution in [0.1, 0.15) is 30.3 Å². The number of hydrogen-bond donors (Lipinski definition) is 0. The molecule has 4 heteroatoms. The molecule has 2 heterocycles. The van der Waals surface area contributed by atoms with Crippen LogP contribution in [0.25, 0.3) is 5.57 Å². The third kappa shape index (κ3) is 3.14. The minimum Gasteiger partial charge on any atom is -0.497 e. The Hall–Kier alpha value is -2.85. The zero-order chi connectivity index (χ0) is 19.7. The van der Waals surface area contributed by atoms with E-state index in [9.17, 15) is 4.79 Å². The van der Waals surface area contributed by atoms with Gasteiger partial charge in [-0.05, 0) is 60.7 Å². The summed E-state index contributed by atoms with van der Waals surface area (Å²) in [5.74, 6) is 0.756. The topological polar surface area (TPSA) is 29.5 Å². The molecule has 142 valence electrons. The van der Waals surface area contributed by atoms with Crippen LogP contribution in [0.2, 0.25) is 0 Å². The summed E-state index contributed by atoms with van der Waals surface area (Å²) in [6.07, 6.45) is 0. The highest BCUT2D eigenvalue weighted by molar-refractivity contribution is 7.10. The largest absolute Gasteiger partial charge is 0.497 e. The summed E-state index contributed by atoms with van der Waals surface area (Å²) < 4.78 is 5.27. The Morgan fingerprint density at radius 1 is 0.964 bits per heavy atom. The van der Waals surface area contributed by atoms with Gasteiger partial charge in [-0.15, -0.1) is 11.3 Å². The number of rotatable bonds is 5. The molecule has 1 aromatic heterocycles. The van der Waals surface area contributed by atoms with Crippen molar-refractivity contribution in [2.24, 2.45) is 5.92 Å². The van der Waals surface area contributed by atoms with E-state index in [-0.39, 0.29) is 17.9 Å². The van der Waals surface area contributed by atoms with Gasteiger partial charge < -0.3 is 9.64 Å². The smallest absolute Gasteiger partial charge is 0.237 e. The molecular weight excluding hydrogens is 366 g/mol. The maximum atomic E-state index is 13.4. The van der Waals surface area contributed by atoms with Crippen molar-refractivity contribution in [2.45, 2.75) is 19.9 Å². The van der Waals surface area contributed by atoms with E-state index in [1.54, 1.807) is 18.4 Å². The summed E-state index contributed by atoms with van der Waals surface area (Å²) in [4.78, 5) is 16.5. The van der Waals surface area contributed by atoms with E-state index in [4.69, 9.17) is 4.74 Å². The molecule has 0 saturated carbocycles. The number of amides is 1. The normalized spacial score (nSPS) is 18.5. The van der Waals surface area contributed by atoms with Crippen LogP contribution < -0.4 is 9.64 Å². The van der Waals surface area contributed by atoms with Gasteiger partial charge in [-0.25, -0.2) is 0 Å².